The third-order valence-electron chi connectivity index (χ3n) is 3.11. The van der Waals surface area contributed by atoms with Crippen LogP contribution >= 0.6 is 0 Å². The van der Waals surface area contributed by atoms with Crippen molar-refractivity contribution in [2.24, 2.45) is 0 Å². The Labute approximate surface area is 135 Å². The van der Waals surface area contributed by atoms with E-state index in [0.717, 1.165) is 17.4 Å². The Morgan fingerprint density at radius 2 is 2.09 bits per heavy atom. The highest BCUT2D eigenvalue weighted by molar-refractivity contribution is 7.93. The van der Waals surface area contributed by atoms with Gasteiger partial charge in [0.15, 0.2) is 9.84 Å². The van der Waals surface area contributed by atoms with Crippen LogP contribution in [-0.4, -0.2) is 39.2 Å². The second-order valence-corrected chi connectivity index (χ2v) is 7.04. The van der Waals surface area contributed by atoms with Crippen LogP contribution in [0.15, 0.2) is 35.7 Å². The monoisotopic (exact) mass is 334 g/mol. The molecule has 23 heavy (non-hydrogen) atoms. The van der Waals surface area contributed by atoms with Gasteiger partial charge in [-0.3, -0.25) is 9.78 Å². The molecule has 1 N–H and O–H groups in total. The van der Waals surface area contributed by atoms with Gasteiger partial charge in [-0.2, -0.15) is 0 Å². The van der Waals surface area contributed by atoms with Gasteiger partial charge in [-0.05, 0) is 31.2 Å². The molecule has 0 aliphatic carbocycles. The Bertz CT molecular complexity index is 873. The van der Waals surface area contributed by atoms with E-state index in [2.05, 4.69) is 10.3 Å². The standard InChI is InChI=1S/C16H18N2O4S/c1-11-9-14(16(19)17-7-4-8-23(3,20)21)13-10-12(22-2)5-6-15(13)18-11/h4-6,8-10H,7H2,1-3H3,(H,17,19)/b8-4+. The molecule has 0 bridgehead atoms. The van der Waals surface area contributed by atoms with Crippen molar-refractivity contribution in [3.63, 3.8) is 0 Å². The molecule has 0 fully saturated rings. The molecule has 0 saturated carbocycles. The first-order valence-corrected chi connectivity index (χ1v) is 8.86. The number of carbonyl (C=O) groups is 1. The molecule has 0 aliphatic heterocycles. The molecule has 1 aromatic carbocycles. The van der Waals surface area contributed by atoms with Crippen LogP contribution in [0.4, 0.5) is 0 Å². The number of aryl methyl sites for hydroxylation is 1. The van der Waals surface area contributed by atoms with E-state index in [1.54, 1.807) is 31.4 Å². The van der Waals surface area contributed by atoms with Crippen molar-refractivity contribution in [3.8, 4) is 5.75 Å². The minimum Gasteiger partial charge on any atom is -0.497 e. The van der Waals surface area contributed by atoms with Gasteiger partial charge in [0.05, 0.1) is 18.2 Å². The van der Waals surface area contributed by atoms with Crippen molar-refractivity contribution in [3.05, 3.63) is 47.0 Å². The van der Waals surface area contributed by atoms with Crippen molar-refractivity contribution in [1.29, 1.82) is 0 Å². The van der Waals surface area contributed by atoms with Crippen LogP contribution in [0.2, 0.25) is 0 Å². The fourth-order valence-electron chi connectivity index (χ4n) is 2.12. The number of sulfone groups is 1. The third-order valence-corrected chi connectivity index (χ3v) is 3.80. The van der Waals surface area contributed by atoms with Crippen molar-refractivity contribution in [2.75, 3.05) is 19.9 Å². The molecule has 0 radical (unpaired) electrons. The van der Waals surface area contributed by atoms with Gasteiger partial charge < -0.3 is 10.1 Å². The summed E-state index contributed by atoms with van der Waals surface area (Å²) in [5.74, 6) is 0.334. The number of nitrogens with one attached hydrogen (secondary N) is 1. The highest BCUT2D eigenvalue weighted by atomic mass is 32.2. The summed E-state index contributed by atoms with van der Waals surface area (Å²) >= 11 is 0. The lowest BCUT2D eigenvalue weighted by atomic mass is 10.1. The zero-order valence-electron chi connectivity index (χ0n) is 13.2. The summed E-state index contributed by atoms with van der Waals surface area (Å²) in [6.07, 6.45) is 2.49. The average Bonchev–Trinajstić information content (AvgIpc) is 2.49. The number of benzene rings is 1. The predicted molar refractivity (Wildman–Crippen MR) is 89.3 cm³/mol. The van der Waals surface area contributed by atoms with Gasteiger partial charge >= 0.3 is 0 Å². The summed E-state index contributed by atoms with van der Waals surface area (Å²) in [6, 6.07) is 7.02. The molecule has 6 nitrogen and oxygen atoms in total. The molecule has 1 aromatic heterocycles. The number of fused-ring (bicyclic) bond motifs is 1. The van der Waals surface area contributed by atoms with Crippen molar-refractivity contribution < 1.29 is 17.9 Å². The maximum Gasteiger partial charge on any atom is 0.252 e. The maximum atomic E-state index is 12.4. The van der Waals surface area contributed by atoms with Crippen LogP contribution in [0, 0.1) is 6.92 Å². The number of amides is 1. The number of ether oxygens (including phenoxy) is 1. The zero-order chi connectivity index (χ0) is 17.0. The van der Waals surface area contributed by atoms with E-state index < -0.39 is 9.84 Å². The molecule has 0 spiro atoms. The molecule has 122 valence electrons. The van der Waals surface area contributed by atoms with Gasteiger partial charge in [0, 0.05) is 29.3 Å². The minimum atomic E-state index is -3.20. The Morgan fingerprint density at radius 1 is 1.35 bits per heavy atom. The molecule has 0 aliphatic rings. The van der Waals surface area contributed by atoms with E-state index in [0.29, 0.717) is 22.2 Å². The van der Waals surface area contributed by atoms with Gasteiger partial charge in [-0.15, -0.1) is 0 Å². The van der Waals surface area contributed by atoms with Crippen LogP contribution < -0.4 is 10.1 Å². The first-order chi connectivity index (χ1) is 10.8. The Morgan fingerprint density at radius 3 is 2.74 bits per heavy atom. The van der Waals surface area contributed by atoms with Gasteiger partial charge in [-0.25, -0.2) is 8.42 Å². The summed E-state index contributed by atoms with van der Waals surface area (Å²) in [7, 11) is -1.64. The maximum absolute atomic E-state index is 12.4. The smallest absolute Gasteiger partial charge is 0.252 e. The van der Waals surface area contributed by atoms with Crippen LogP contribution in [0.25, 0.3) is 10.9 Å². The predicted octanol–water partition coefficient (Wildman–Crippen LogP) is 1.84. The average molecular weight is 334 g/mol. The quantitative estimate of drug-likeness (QED) is 0.902. The highest BCUT2D eigenvalue weighted by Gasteiger charge is 2.12. The van der Waals surface area contributed by atoms with Crippen LogP contribution in [-0.2, 0) is 9.84 Å². The molecule has 2 rings (SSSR count). The number of nitrogens with zero attached hydrogens (tertiary/aromatic N) is 1. The SMILES string of the molecule is COc1ccc2nc(C)cc(C(=O)NC/C=C/S(C)(=O)=O)c2c1. The highest BCUT2D eigenvalue weighted by Crippen LogP contribution is 2.23. The van der Waals surface area contributed by atoms with Crippen LogP contribution in [0.5, 0.6) is 5.75 Å². The lowest BCUT2D eigenvalue weighted by Crippen LogP contribution is -2.24. The van der Waals surface area contributed by atoms with Gasteiger partial charge in [0.2, 0.25) is 0 Å². The molecular formula is C16H18N2O4S. The Balaban J connectivity index is 2.30. The fourth-order valence-corrected chi connectivity index (χ4v) is 2.57. The topological polar surface area (TPSA) is 85.4 Å². The number of pyridine rings is 1. The molecular weight excluding hydrogens is 316 g/mol. The summed E-state index contributed by atoms with van der Waals surface area (Å²) in [6.45, 7) is 1.93. The zero-order valence-corrected chi connectivity index (χ0v) is 14.0. The number of methoxy groups -OCH3 is 1. The van der Waals surface area contributed by atoms with Crippen molar-refractivity contribution >= 4 is 26.6 Å². The molecule has 2 aromatic rings. The second-order valence-electron chi connectivity index (χ2n) is 5.11. The fraction of sp³-hybridized carbons (Fsp3) is 0.250. The van der Waals surface area contributed by atoms with Crippen LogP contribution in [0.3, 0.4) is 0 Å². The molecule has 1 heterocycles. The lowest BCUT2D eigenvalue weighted by molar-refractivity contribution is 0.0959. The van der Waals surface area contributed by atoms with E-state index in [4.69, 9.17) is 4.74 Å². The van der Waals surface area contributed by atoms with Gasteiger partial charge in [0.25, 0.3) is 5.91 Å². The number of carbonyl (C=O) groups excluding carboxylic acids is 1. The molecule has 0 unspecified atom stereocenters. The first kappa shape index (κ1) is 17.0. The van der Waals surface area contributed by atoms with E-state index in [1.807, 2.05) is 6.92 Å². The summed E-state index contributed by atoms with van der Waals surface area (Å²) in [4.78, 5) is 16.8. The molecule has 7 heteroatoms. The minimum absolute atomic E-state index is 0.124. The summed E-state index contributed by atoms with van der Waals surface area (Å²) in [5.41, 5.74) is 1.89. The van der Waals surface area contributed by atoms with Crippen LogP contribution in [0.1, 0.15) is 16.1 Å². The van der Waals surface area contributed by atoms with Crippen molar-refractivity contribution in [2.45, 2.75) is 6.92 Å². The van der Waals surface area contributed by atoms with E-state index in [-0.39, 0.29) is 12.5 Å². The molecule has 0 saturated heterocycles. The summed E-state index contributed by atoms with van der Waals surface area (Å²) in [5, 5.41) is 4.41. The molecule has 1 amide bonds. The first-order valence-electron chi connectivity index (χ1n) is 6.90. The van der Waals surface area contributed by atoms with Gasteiger partial charge in [-0.1, -0.05) is 6.08 Å². The van der Waals surface area contributed by atoms with E-state index in [1.165, 1.54) is 6.08 Å². The van der Waals surface area contributed by atoms with Gasteiger partial charge in [0.1, 0.15) is 5.75 Å². The largest absolute Gasteiger partial charge is 0.497 e. The Hall–Kier alpha value is -2.41. The second kappa shape index (κ2) is 6.78. The number of hydrogen-bond donors (Lipinski definition) is 1. The number of hydrogen-bond acceptors (Lipinski definition) is 5. The normalized spacial score (nSPS) is 11.8. The summed E-state index contributed by atoms with van der Waals surface area (Å²) < 4.78 is 27.2. The van der Waals surface area contributed by atoms with E-state index >= 15 is 0 Å². The number of aromatic nitrogens is 1. The lowest BCUT2D eigenvalue weighted by Gasteiger charge is -2.09. The van der Waals surface area contributed by atoms with E-state index in [9.17, 15) is 13.2 Å². The number of rotatable bonds is 5. The Kier molecular flexibility index (Phi) is 5.00. The third kappa shape index (κ3) is 4.53. The van der Waals surface area contributed by atoms with Crippen molar-refractivity contribution in [1.82, 2.24) is 10.3 Å². The molecule has 0 atom stereocenters.